The molecule has 0 amide bonds. The van der Waals surface area contributed by atoms with E-state index in [2.05, 4.69) is 48.8 Å². The molecule has 21 heavy (non-hydrogen) atoms. The lowest BCUT2D eigenvalue weighted by Crippen LogP contribution is -2.44. The quantitative estimate of drug-likeness (QED) is 0.839. The average Bonchev–Trinajstić information content (AvgIpc) is 2.91. The molecule has 1 aliphatic heterocycles. The van der Waals surface area contributed by atoms with Crippen LogP contribution in [0.5, 0.6) is 0 Å². The molecule has 1 aromatic carbocycles. The van der Waals surface area contributed by atoms with Crippen LogP contribution < -0.4 is 0 Å². The van der Waals surface area contributed by atoms with E-state index in [-0.39, 0.29) is 11.8 Å². The summed E-state index contributed by atoms with van der Waals surface area (Å²) in [4.78, 5) is 14.3. The number of benzene rings is 1. The lowest BCUT2D eigenvalue weighted by Gasteiger charge is -2.39. The van der Waals surface area contributed by atoms with Crippen LogP contribution in [-0.4, -0.2) is 16.7 Å². The topological polar surface area (TPSA) is 20.3 Å². The molecule has 2 heteroatoms. The zero-order valence-electron chi connectivity index (χ0n) is 12.7. The first-order valence-corrected chi connectivity index (χ1v) is 7.45. The summed E-state index contributed by atoms with van der Waals surface area (Å²) in [5.41, 5.74) is 6.18. The summed E-state index contributed by atoms with van der Waals surface area (Å²) in [6.45, 7) is 8.86. The third-order valence-electron chi connectivity index (χ3n) is 4.47. The standard InChI is InChI=1S/C19H21NO/c1-13-8-9-16(10-13)14(2)20-12-18-7-5-4-6-17(18)11-19(20)15(3)21/h4-9,19H,2,10-12H2,1,3H3. The molecule has 1 aromatic rings. The Labute approximate surface area is 126 Å². The molecular weight excluding hydrogens is 258 g/mol. The number of rotatable bonds is 3. The molecule has 0 bridgehead atoms. The van der Waals surface area contributed by atoms with Crippen LogP contribution in [0.4, 0.5) is 0 Å². The molecule has 108 valence electrons. The summed E-state index contributed by atoms with van der Waals surface area (Å²) in [5, 5.41) is 0. The highest BCUT2D eigenvalue weighted by atomic mass is 16.1. The summed E-state index contributed by atoms with van der Waals surface area (Å²) in [6, 6.07) is 8.31. The van der Waals surface area contributed by atoms with Crippen molar-refractivity contribution in [2.24, 2.45) is 0 Å². The Balaban J connectivity index is 1.89. The highest BCUT2D eigenvalue weighted by Crippen LogP contribution is 2.32. The summed E-state index contributed by atoms with van der Waals surface area (Å²) >= 11 is 0. The van der Waals surface area contributed by atoms with E-state index in [0.717, 1.165) is 25.1 Å². The number of nitrogens with zero attached hydrogens (tertiary/aromatic N) is 1. The molecule has 1 unspecified atom stereocenters. The van der Waals surface area contributed by atoms with Gasteiger partial charge in [0.2, 0.25) is 0 Å². The fourth-order valence-corrected chi connectivity index (χ4v) is 3.21. The van der Waals surface area contributed by atoms with Crippen molar-refractivity contribution in [1.82, 2.24) is 4.90 Å². The zero-order chi connectivity index (χ0) is 15.0. The zero-order valence-corrected chi connectivity index (χ0v) is 12.7. The van der Waals surface area contributed by atoms with E-state index in [1.54, 1.807) is 6.92 Å². The Bertz CT molecular complexity index is 666. The Morgan fingerprint density at radius 3 is 2.57 bits per heavy atom. The van der Waals surface area contributed by atoms with Gasteiger partial charge in [0.1, 0.15) is 0 Å². The van der Waals surface area contributed by atoms with E-state index in [9.17, 15) is 4.79 Å². The molecule has 1 aliphatic carbocycles. The van der Waals surface area contributed by atoms with Crippen molar-refractivity contribution in [3.63, 3.8) is 0 Å². The number of hydrogen-bond donors (Lipinski definition) is 0. The van der Waals surface area contributed by atoms with Gasteiger partial charge in [0, 0.05) is 18.7 Å². The molecule has 0 saturated carbocycles. The first kappa shape index (κ1) is 13.9. The molecule has 1 atom stereocenters. The van der Waals surface area contributed by atoms with Crippen LogP contribution >= 0.6 is 0 Å². The van der Waals surface area contributed by atoms with Gasteiger partial charge in [0.15, 0.2) is 5.78 Å². The van der Waals surface area contributed by atoms with Crippen LogP contribution in [-0.2, 0) is 17.8 Å². The van der Waals surface area contributed by atoms with E-state index in [4.69, 9.17) is 0 Å². The second kappa shape index (κ2) is 5.36. The van der Waals surface area contributed by atoms with Crippen molar-refractivity contribution in [2.45, 2.75) is 39.3 Å². The number of fused-ring (bicyclic) bond motifs is 1. The predicted molar refractivity (Wildman–Crippen MR) is 85.8 cm³/mol. The number of allylic oxidation sites excluding steroid dienone is 4. The maximum atomic E-state index is 12.1. The highest BCUT2D eigenvalue weighted by Gasteiger charge is 2.31. The number of carbonyl (C=O) groups excluding carboxylic acids is 1. The summed E-state index contributed by atoms with van der Waals surface area (Å²) in [6.07, 6.45) is 6.00. The van der Waals surface area contributed by atoms with Crippen molar-refractivity contribution >= 4 is 5.78 Å². The van der Waals surface area contributed by atoms with Gasteiger partial charge >= 0.3 is 0 Å². The maximum Gasteiger partial charge on any atom is 0.152 e. The van der Waals surface area contributed by atoms with Gasteiger partial charge in [-0.3, -0.25) is 4.79 Å². The molecule has 3 rings (SSSR count). The van der Waals surface area contributed by atoms with Crippen molar-refractivity contribution in [3.8, 4) is 0 Å². The lowest BCUT2D eigenvalue weighted by molar-refractivity contribution is -0.121. The van der Waals surface area contributed by atoms with E-state index < -0.39 is 0 Å². The molecule has 0 N–H and O–H groups in total. The monoisotopic (exact) mass is 279 g/mol. The van der Waals surface area contributed by atoms with Gasteiger partial charge in [-0.1, -0.05) is 48.6 Å². The van der Waals surface area contributed by atoms with Gasteiger partial charge in [0.25, 0.3) is 0 Å². The van der Waals surface area contributed by atoms with Crippen LogP contribution in [0.15, 0.2) is 59.8 Å². The van der Waals surface area contributed by atoms with Gasteiger partial charge in [0.05, 0.1) is 6.04 Å². The number of carbonyl (C=O) groups is 1. The van der Waals surface area contributed by atoms with E-state index >= 15 is 0 Å². The Morgan fingerprint density at radius 2 is 1.95 bits per heavy atom. The molecule has 0 radical (unpaired) electrons. The summed E-state index contributed by atoms with van der Waals surface area (Å²) in [5.74, 6) is 0.217. The minimum absolute atomic E-state index is 0.0887. The van der Waals surface area contributed by atoms with Gasteiger partial charge in [-0.05, 0) is 37.0 Å². The van der Waals surface area contributed by atoms with Crippen LogP contribution in [0.2, 0.25) is 0 Å². The third-order valence-corrected chi connectivity index (χ3v) is 4.47. The first-order valence-electron chi connectivity index (χ1n) is 7.45. The Kier molecular flexibility index (Phi) is 3.54. The number of ketones is 1. The summed E-state index contributed by atoms with van der Waals surface area (Å²) < 4.78 is 0. The van der Waals surface area contributed by atoms with E-state index in [1.807, 2.05) is 6.07 Å². The molecule has 2 nitrogen and oxygen atoms in total. The Hall–Kier alpha value is -2.09. The van der Waals surface area contributed by atoms with Gasteiger partial charge in [-0.2, -0.15) is 0 Å². The second-order valence-electron chi connectivity index (χ2n) is 6.06. The van der Waals surface area contributed by atoms with Crippen LogP contribution in [0.1, 0.15) is 31.4 Å². The van der Waals surface area contributed by atoms with Crippen molar-refractivity contribution in [1.29, 1.82) is 0 Å². The first-order chi connectivity index (χ1) is 10.1. The fourth-order valence-electron chi connectivity index (χ4n) is 3.21. The molecule has 0 spiro atoms. The van der Waals surface area contributed by atoms with Gasteiger partial charge < -0.3 is 4.90 Å². The summed E-state index contributed by atoms with van der Waals surface area (Å²) in [7, 11) is 0. The molecular formula is C19H21NO. The van der Waals surface area contributed by atoms with E-state index in [0.29, 0.717) is 0 Å². The normalized spacial score (nSPS) is 20.7. The van der Waals surface area contributed by atoms with Gasteiger partial charge in [-0.25, -0.2) is 0 Å². The van der Waals surface area contributed by atoms with Gasteiger partial charge in [-0.15, -0.1) is 0 Å². The minimum atomic E-state index is -0.0887. The average molecular weight is 279 g/mol. The van der Waals surface area contributed by atoms with Crippen LogP contribution in [0, 0.1) is 0 Å². The van der Waals surface area contributed by atoms with Crippen LogP contribution in [0.3, 0.4) is 0 Å². The number of Topliss-reactive ketones (excluding diaryl/α,β-unsaturated/α-hetero) is 1. The molecule has 1 heterocycles. The molecule has 0 aromatic heterocycles. The Morgan fingerprint density at radius 1 is 1.24 bits per heavy atom. The molecule has 0 saturated heterocycles. The third kappa shape index (κ3) is 2.58. The van der Waals surface area contributed by atoms with Crippen molar-refractivity contribution < 1.29 is 4.79 Å². The highest BCUT2D eigenvalue weighted by molar-refractivity contribution is 5.82. The smallest absolute Gasteiger partial charge is 0.152 e. The lowest BCUT2D eigenvalue weighted by atomic mass is 9.91. The molecule has 0 fully saturated rings. The second-order valence-corrected chi connectivity index (χ2v) is 6.06. The van der Waals surface area contributed by atoms with Crippen molar-refractivity contribution in [2.75, 3.05) is 0 Å². The number of hydrogen-bond acceptors (Lipinski definition) is 2. The van der Waals surface area contributed by atoms with E-state index in [1.165, 1.54) is 22.3 Å². The van der Waals surface area contributed by atoms with Crippen molar-refractivity contribution in [3.05, 3.63) is 71.0 Å². The largest absolute Gasteiger partial charge is 0.357 e. The minimum Gasteiger partial charge on any atom is -0.357 e. The SMILES string of the molecule is C=C(C1=CC=C(C)C1)N1Cc2ccccc2CC1C(C)=O. The van der Waals surface area contributed by atoms with Crippen LogP contribution in [0.25, 0.3) is 0 Å². The fraction of sp³-hybridized carbons (Fsp3) is 0.316. The molecule has 2 aliphatic rings. The predicted octanol–water partition coefficient (Wildman–Crippen LogP) is 3.79. The maximum absolute atomic E-state index is 12.1.